The molecule has 4 heteroatoms. The van der Waals surface area contributed by atoms with Gasteiger partial charge in [0.15, 0.2) is 7.14 Å². The van der Waals surface area contributed by atoms with Gasteiger partial charge in [-0.1, -0.05) is 78.9 Å². The Balaban J connectivity index is 1.55. The lowest BCUT2D eigenvalue weighted by Gasteiger charge is -2.35. The summed E-state index contributed by atoms with van der Waals surface area (Å²) in [6.45, 7) is 0. The predicted molar refractivity (Wildman–Crippen MR) is 137 cm³/mol. The summed E-state index contributed by atoms with van der Waals surface area (Å²) in [5, 5.41) is 2.07. The van der Waals surface area contributed by atoms with Crippen LogP contribution in [0.1, 0.15) is 0 Å². The Labute approximate surface area is 197 Å². The minimum absolute atomic E-state index is 0.590. The van der Waals surface area contributed by atoms with Gasteiger partial charge in [-0.3, -0.25) is 0 Å². The molecule has 0 amide bonds. The molecule has 0 spiro atoms. The van der Waals surface area contributed by atoms with Crippen LogP contribution < -0.4 is 25.4 Å². The fraction of sp³-hybridized carbons (Fsp3) is 0. The Bertz CT molecular complexity index is 1620. The molecule has 162 valence electrons. The number of benzene rings is 5. The van der Waals surface area contributed by atoms with Crippen LogP contribution in [-0.2, 0) is 4.57 Å². The molecule has 0 radical (unpaired) electrons. The van der Waals surface area contributed by atoms with Gasteiger partial charge < -0.3 is 14.0 Å². The molecule has 0 saturated heterocycles. The molecule has 3 nitrogen and oxygen atoms in total. The molecular formula is C30H19O3P. The summed E-state index contributed by atoms with van der Waals surface area (Å²) in [7, 11) is -3.26. The molecule has 0 bridgehead atoms. The normalized spacial score (nSPS) is 16.9. The Morgan fingerprint density at radius 1 is 0.500 bits per heavy atom. The molecule has 2 aliphatic heterocycles. The fourth-order valence-corrected chi connectivity index (χ4v) is 8.05. The van der Waals surface area contributed by atoms with Crippen molar-refractivity contribution in [3.05, 3.63) is 115 Å². The zero-order valence-corrected chi connectivity index (χ0v) is 19.0. The van der Waals surface area contributed by atoms with Crippen LogP contribution in [0.25, 0.3) is 22.3 Å². The first-order valence-electron chi connectivity index (χ1n) is 11.2. The summed E-state index contributed by atoms with van der Waals surface area (Å²) >= 11 is 0. The number of ether oxygens (including phenoxy) is 2. The largest absolute Gasteiger partial charge is 0.456 e. The van der Waals surface area contributed by atoms with Crippen molar-refractivity contribution in [3.8, 4) is 45.3 Å². The SMILES string of the molecule is O=P12c3cc(-c4ccccc4)ccc3Oc3ccc(-c4ccccc4)c(c31)Oc1ccccc12. The summed E-state index contributed by atoms with van der Waals surface area (Å²) < 4.78 is 28.1. The molecule has 0 N–H and O–H groups in total. The van der Waals surface area contributed by atoms with Gasteiger partial charge in [0.25, 0.3) is 0 Å². The third-order valence-electron chi connectivity index (χ3n) is 6.54. The predicted octanol–water partition coefficient (Wildman–Crippen LogP) is 6.87. The number of hydrogen-bond donors (Lipinski definition) is 0. The molecular weight excluding hydrogens is 439 g/mol. The van der Waals surface area contributed by atoms with Crippen LogP contribution >= 0.6 is 7.14 Å². The van der Waals surface area contributed by atoms with Gasteiger partial charge in [0.05, 0.1) is 10.6 Å². The molecule has 1 atom stereocenters. The molecule has 2 aliphatic rings. The van der Waals surface area contributed by atoms with Crippen LogP contribution in [0.3, 0.4) is 0 Å². The lowest BCUT2D eigenvalue weighted by atomic mass is 10.0. The topological polar surface area (TPSA) is 35.5 Å². The van der Waals surface area contributed by atoms with E-state index < -0.39 is 7.14 Å². The van der Waals surface area contributed by atoms with E-state index in [1.165, 1.54) is 0 Å². The molecule has 5 aromatic rings. The first kappa shape index (κ1) is 19.4. The first-order chi connectivity index (χ1) is 16.7. The maximum absolute atomic E-state index is 15.3. The first-order valence-corrected chi connectivity index (χ1v) is 12.9. The third kappa shape index (κ3) is 2.68. The summed E-state index contributed by atoms with van der Waals surface area (Å²) in [5.74, 6) is 2.46. The highest BCUT2D eigenvalue weighted by Crippen LogP contribution is 2.60. The molecule has 0 aromatic heterocycles. The average molecular weight is 458 g/mol. The second-order valence-electron chi connectivity index (χ2n) is 8.48. The maximum atomic E-state index is 15.3. The van der Waals surface area contributed by atoms with Gasteiger partial charge in [0.1, 0.15) is 28.3 Å². The minimum atomic E-state index is -3.26. The minimum Gasteiger partial charge on any atom is -0.456 e. The van der Waals surface area contributed by atoms with Crippen molar-refractivity contribution in [1.29, 1.82) is 0 Å². The lowest BCUT2D eigenvalue weighted by molar-refractivity contribution is 0.463. The highest BCUT2D eigenvalue weighted by atomic mass is 31.2. The molecule has 0 saturated carbocycles. The molecule has 1 unspecified atom stereocenters. The standard InChI is InChI=1S/C30H19O3P/c31-34-27-14-8-7-13-24(27)33-29-23(21-11-5-2-6-12-21)16-18-26(30(29)34)32-25-17-15-22(19-28(25)34)20-9-3-1-4-10-20/h1-19H. The summed E-state index contributed by atoms with van der Waals surface area (Å²) in [4.78, 5) is 0. The summed E-state index contributed by atoms with van der Waals surface area (Å²) in [6, 6.07) is 37.7. The van der Waals surface area contributed by atoms with Crippen LogP contribution in [0.15, 0.2) is 115 Å². The fourth-order valence-electron chi connectivity index (χ4n) is 4.94. The Hall–Kier alpha value is -4.07. The highest BCUT2D eigenvalue weighted by molar-refractivity contribution is 7.86. The Morgan fingerprint density at radius 2 is 1.15 bits per heavy atom. The van der Waals surface area contributed by atoms with Crippen LogP contribution in [0.4, 0.5) is 0 Å². The molecule has 2 heterocycles. The van der Waals surface area contributed by atoms with Crippen molar-refractivity contribution in [2.45, 2.75) is 0 Å². The van der Waals surface area contributed by atoms with Crippen LogP contribution in [0.2, 0.25) is 0 Å². The Kier molecular flexibility index (Phi) is 4.12. The van der Waals surface area contributed by atoms with Gasteiger partial charge in [-0.25, -0.2) is 0 Å². The smallest absolute Gasteiger partial charge is 0.185 e. The highest BCUT2D eigenvalue weighted by Gasteiger charge is 2.47. The van der Waals surface area contributed by atoms with Crippen molar-refractivity contribution in [1.82, 2.24) is 0 Å². The van der Waals surface area contributed by atoms with Crippen molar-refractivity contribution < 1.29 is 14.0 Å². The third-order valence-corrected chi connectivity index (χ3v) is 9.67. The molecule has 34 heavy (non-hydrogen) atoms. The van der Waals surface area contributed by atoms with E-state index in [0.717, 1.165) is 22.3 Å². The Morgan fingerprint density at radius 3 is 1.94 bits per heavy atom. The van der Waals surface area contributed by atoms with E-state index in [4.69, 9.17) is 9.47 Å². The van der Waals surface area contributed by atoms with Gasteiger partial charge in [-0.05, 0) is 53.1 Å². The molecule has 7 rings (SSSR count). The van der Waals surface area contributed by atoms with Crippen LogP contribution in [0, 0.1) is 0 Å². The number of rotatable bonds is 2. The average Bonchev–Trinajstić information content (AvgIpc) is 2.90. The van der Waals surface area contributed by atoms with Crippen molar-refractivity contribution >= 4 is 23.1 Å². The van der Waals surface area contributed by atoms with E-state index in [2.05, 4.69) is 12.1 Å². The van der Waals surface area contributed by atoms with E-state index in [0.29, 0.717) is 38.9 Å². The molecule has 5 aromatic carbocycles. The van der Waals surface area contributed by atoms with Gasteiger partial charge >= 0.3 is 0 Å². The lowest BCUT2D eigenvalue weighted by Crippen LogP contribution is -2.35. The summed E-state index contributed by atoms with van der Waals surface area (Å²) in [6.07, 6.45) is 0. The second kappa shape index (κ2) is 7.21. The van der Waals surface area contributed by atoms with Gasteiger partial charge in [0, 0.05) is 5.56 Å². The van der Waals surface area contributed by atoms with E-state index in [1.54, 1.807) is 0 Å². The quantitative estimate of drug-likeness (QED) is 0.265. The monoisotopic (exact) mass is 458 g/mol. The van der Waals surface area contributed by atoms with Crippen LogP contribution in [-0.4, -0.2) is 0 Å². The second-order valence-corrected chi connectivity index (χ2v) is 11.1. The van der Waals surface area contributed by atoms with Crippen molar-refractivity contribution in [3.63, 3.8) is 0 Å². The van der Waals surface area contributed by atoms with Gasteiger partial charge in [-0.15, -0.1) is 0 Å². The zero-order chi connectivity index (χ0) is 22.7. The maximum Gasteiger partial charge on any atom is 0.185 e. The van der Waals surface area contributed by atoms with E-state index in [1.807, 2.05) is 103 Å². The van der Waals surface area contributed by atoms with Gasteiger partial charge in [0.2, 0.25) is 0 Å². The van der Waals surface area contributed by atoms with E-state index in [9.17, 15) is 0 Å². The molecule has 0 fully saturated rings. The number of para-hydroxylation sites is 1. The van der Waals surface area contributed by atoms with Gasteiger partial charge in [-0.2, -0.15) is 0 Å². The van der Waals surface area contributed by atoms with E-state index in [-0.39, 0.29) is 0 Å². The van der Waals surface area contributed by atoms with Crippen molar-refractivity contribution in [2.75, 3.05) is 0 Å². The van der Waals surface area contributed by atoms with E-state index >= 15 is 4.57 Å². The molecule has 0 aliphatic carbocycles. The van der Waals surface area contributed by atoms with Crippen LogP contribution in [0.5, 0.6) is 23.0 Å². The van der Waals surface area contributed by atoms with Crippen molar-refractivity contribution in [2.24, 2.45) is 0 Å². The summed E-state index contributed by atoms with van der Waals surface area (Å²) in [5.41, 5.74) is 3.99. The number of fused-ring (bicyclic) bond motifs is 4. The number of hydrogen-bond acceptors (Lipinski definition) is 3. The zero-order valence-electron chi connectivity index (χ0n) is 18.1.